The standard InChI is InChI=1S/C39H47N/c1-9-15-37-38(6,7)36(32-22-20-31(21-23-32)28(2)3)25-27-39(37,8)26-24-29(4)34-18-13-14-19-35(34)30(5)40-33-16-11-10-12-17-33/h10-23,25,30,40H,2,4,9,24,26-27H2,1,3,5-8H3/b37-15-. The van der Waals surface area contributed by atoms with Gasteiger partial charge in [-0.15, -0.1) is 0 Å². The van der Waals surface area contributed by atoms with Gasteiger partial charge >= 0.3 is 0 Å². The van der Waals surface area contributed by atoms with Crippen LogP contribution in [0, 0.1) is 10.8 Å². The maximum Gasteiger partial charge on any atom is 0.0491 e. The van der Waals surface area contributed by atoms with Crippen LogP contribution in [0.5, 0.6) is 0 Å². The van der Waals surface area contributed by atoms with Gasteiger partial charge in [-0.1, -0.05) is 131 Å². The average molecular weight is 530 g/mol. The number of hydrogen-bond donors (Lipinski definition) is 1. The summed E-state index contributed by atoms with van der Waals surface area (Å²) in [6.45, 7) is 22.6. The number of para-hydroxylation sites is 1. The molecule has 2 unspecified atom stereocenters. The van der Waals surface area contributed by atoms with Gasteiger partial charge in [-0.3, -0.25) is 0 Å². The predicted octanol–water partition coefficient (Wildman–Crippen LogP) is 11.5. The maximum absolute atomic E-state index is 4.61. The quantitative estimate of drug-likeness (QED) is 0.257. The van der Waals surface area contributed by atoms with Crippen LogP contribution in [-0.2, 0) is 0 Å². The lowest BCUT2D eigenvalue weighted by Gasteiger charge is -2.47. The van der Waals surface area contributed by atoms with E-state index in [4.69, 9.17) is 0 Å². The molecular formula is C39H47N. The van der Waals surface area contributed by atoms with Crippen LogP contribution in [0.25, 0.3) is 16.7 Å². The molecule has 0 saturated heterocycles. The molecule has 2 atom stereocenters. The summed E-state index contributed by atoms with van der Waals surface area (Å²) in [6, 6.07) is 28.4. The van der Waals surface area contributed by atoms with E-state index in [1.54, 1.807) is 5.57 Å². The minimum absolute atomic E-state index is 0.0406. The molecule has 0 saturated carbocycles. The number of anilines is 1. The zero-order chi connectivity index (χ0) is 28.9. The van der Waals surface area contributed by atoms with Gasteiger partial charge in [0.1, 0.15) is 0 Å². The van der Waals surface area contributed by atoms with Gasteiger partial charge in [0.05, 0.1) is 0 Å². The van der Waals surface area contributed by atoms with Gasteiger partial charge in [-0.05, 0) is 90.5 Å². The summed E-state index contributed by atoms with van der Waals surface area (Å²) in [7, 11) is 0. The van der Waals surface area contributed by atoms with Gasteiger partial charge in [-0.25, -0.2) is 0 Å². The fourth-order valence-electron chi connectivity index (χ4n) is 6.57. The number of benzene rings is 3. The molecule has 0 fully saturated rings. The molecule has 1 heteroatoms. The molecule has 208 valence electrons. The number of allylic oxidation sites excluding steroid dienone is 6. The first-order valence-corrected chi connectivity index (χ1v) is 14.8. The lowest BCUT2D eigenvalue weighted by Crippen LogP contribution is -2.34. The second-order valence-electron chi connectivity index (χ2n) is 12.3. The summed E-state index contributed by atoms with van der Waals surface area (Å²) in [4.78, 5) is 0. The Morgan fingerprint density at radius 2 is 1.57 bits per heavy atom. The lowest BCUT2D eigenvalue weighted by atomic mass is 9.57. The average Bonchev–Trinajstić information content (AvgIpc) is 2.94. The first-order valence-electron chi connectivity index (χ1n) is 14.8. The van der Waals surface area contributed by atoms with Gasteiger partial charge in [0.15, 0.2) is 0 Å². The highest BCUT2D eigenvalue weighted by Crippen LogP contribution is 2.56. The van der Waals surface area contributed by atoms with Crippen molar-refractivity contribution in [1.29, 1.82) is 0 Å². The van der Waals surface area contributed by atoms with E-state index in [1.807, 2.05) is 0 Å². The molecule has 1 aliphatic carbocycles. The molecule has 0 aromatic heterocycles. The summed E-state index contributed by atoms with van der Waals surface area (Å²) in [5.74, 6) is 0. The summed E-state index contributed by atoms with van der Waals surface area (Å²) in [5.41, 5.74) is 11.6. The Balaban J connectivity index is 1.56. The van der Waals surface area contributed by atoms with Crippen molar-refractivity contribution in [2.24, 2.45) is 10.8 Å². The largest absolute Gasteiger partial charge is 0.378 e. The fourth-order valence-corrected chi connectivity index (χ4v) is 6.57. The van der Waals surface area contributed by atoms with Gasteiger partial charge in [0, 0.05) is 17.1 Å². The molecule has 0 spiro atoms. The minimum Gasteiger partial charge on any atom is -0.378 e. The highest BCUT2D eigenvalue weighted by molar-refractivity contribution is 5.76. The van der Waals surface area contributed by atoms with Crippen molar-refractivity contribution in [3.05, 3.63) is 132 Å². The van der Waals surface area contributed by atoms with Crippen LogP contribution in [0.3, 0.4) is 0 Å². The Morgan fingerprint density at radius 3 is 2.23 bits per heavy atom. The van der Waals surface area contributed by atoms with E-state index in [-0.39, 0.29) is 16.9 Å². The van der Waals surface area contributed by atoms with E-state index >= 15 is 0 Å². The number of rotatable bonds is 10. The topological polar surface area (TPSA) is 12.0 Å². The minimum atomic E-state index is -0.0406. The van der Waals surface area contributed by atoms with Crippen molar-refractivity contribution in [2.75, 3.05) is 5.32 Å². The molecular weight excluding hydrogens is 482 g/mol. The molecule has 1 N–H and O–H groups in total. The van der Waals surface area contributed by atoms with E-state index in [2.05, 4.69) is 151 Å². The van der Waals surface area contributed by atoms with Gasteiger partial charge < -0.3 is 5.32 Å². The summed E-state index contributed by atoms with van der Waals surface area (Å²) in [5, 5.41) is 3.67. The number of nitrogens with one attached hydrogen (secondary N) is 1. The molecule has 40 heavy (non-hydrogen) atoms. The van der Waals surface area contributed by atoms with Crippen molar-refractivity contribution < 1.29 is 0 Å². The smallest absolute Gasteiger partial charge is 0.0491 e. The Hall–Kier alpha value is -3.58. The monoisotopic (exact) mass is 529 g/mol. The molecule has 0 amide bonds. The van der Waals surface area contributed by atoms with Crippen LogP contribution in [-0.4, -0.2) is 0 Å². The Kier molecular flexibility index (Phi) is 9.04. The van der Waals surface area contributed by atoms with E-state index in [0.29, 0.717) is 0 Å². The third-order valence-electron chi connectivity index (χ3n) is 8.79. The van der Waals surface area contributed by atoms with Crippen LogP contribution in [0.15, 0.2) is 110 Å². The highest BCUT2D eigenvalue weighted by atomic mass is 14.9. The van der Waals surface area contributed by atoms with Crippen molar-refractivity contribution >= 4 is 22.4 Å². The molecule has 1 nitrogen and oxygen atoms in total. The van der Waals surface area contributed by atoms with Crippen LogP contribution in [0.1, 0.15) is 95.5 Å². The van der Waals surface area contributed by atoms with E-state index in [1.165, 1.54) is 33.4 Å². The Bertz CT molecular complexity index is 1400. The predicted molar refractivity (Wildman–Crippen MR) is 177 cm³/mol. The normalized spacial score (nSPS) is 20.1. The fraction of sp³-hybridized carbons (Fsp3) is 0.333. The van der Waals surface area contributed by atoms with Crippen LogP contribution < -0.4 is 5.32 Å². The van der Waals surface area contributed by atoms with Gasteiger partial charge in [0.2, 0.25) is 0 Å². The molecule has 0 heterocycles. The molecule has 1 aliphatic rings. The molecule has 4 rings (SSSR count). The molecule has 0 radical (unpaired) electrons. The molecule has 3 aromatic rings. The zero-order valence-corrected chi connectivity index (χ0v) is 25.5. The first-order chi connectivity index (χ1) is 19.1. The van der Waals surface area contributed by atoms with Crippen LogP contribution >= 0.6 is 0 Å². The summed E-state index contributed by atoms with van der Waals surface area (Å²) >= 11 is 0. The number of hydrogen-bond acceptors (Lipinski definition) is 1. The van der Waals surface area contributed by atoms with Crippen molar-refractivity contribution in [1.82, 2.24) is 0 Å². The van der Waals surface area contributed by atoms with Gasteiger partial charge in [0.25, 0.3) is 0 Å². The molecule has 0 bridgehead atoms. The second-order valence-corrected chi connectivity index (χ2v) is 12.3. The SMILES string of the molecule is C=C(C)c1ccc(C2=CCC(C)(CCC(=C)c3ccccc3C(C)Nc3ccccc3)/C(=C\CC)C2(C)C)cc1. The van der Waals surface area contributed by atoms with E-state index in [0.717, 1.165) is 36.9 Å². The van der Waals surface area contributed by atoms with E-state index < -0.39 is 0 Å². The lowest BCUT2D eigenvalue weighted by molar-refractivity contribution is 0.302. The third-order valence-corrected chi connectivity index (χ3v) is 8.79. The van der Waals surface area contributed by atoms with Crippen molar-refractivity contribution in [3.63, 3.8) is 0 Å². The molecule has 3 aromatic carbocycles. The van der Waals surface area contributed by atoms with Crippen LogP contribution in [0.2, 0.25) is 0 Å². The molecule has 0 aliphatic heterocycles. The summed E-state index contributed by atoms with van der Waals surface area (Å²) in [6.07, 6.45) is 9.14. The zero-order valence-electron chi connectivity index (χ0n) is 25.5. The van der Waals surface area contributed by atoms with Gasteiger partial charge in [-0.2, -0.15) is 0 Å². The van der Waals surface area contributed by atoms with Crippen molar-refractivity contribution in [2.45, 2.75) is 73.3 Å². The second kappa shape index (κ2) is 12.3. The van der Waals surface area contributed by atoms with Crippen LogP contribution in [0.4, 0.5) is 5.69 Å². The Morgan fingerprint density at radius 1 is 0.925 bits per heavy atom. The van der Waals surface area contributed by atoms with Crippen molar-refractivity contribution in [3.8, 4) is 0 Å². The Labute approximate surface area is 243 Å². The summed E-state index contributed by atoms with van der Waals surface area (Å²) < 4.78 is 0. The third kappa shape index (κ3) is 6.25. The van der Waals surface area contributed by atoms with E-state index in [9.17, 15) is 0 Å². The highest BCUT2D eigenvalue weighted by Gasteiger charge is 2.42. The maximum atomic E-state index is 4.61. The first kappa shape index (κ1) is 29.4.